The third kappa shape index (κ3) is 3.65. The van der Waals surface area contributed by atoms with Gasteiger partial charge in [-0.1, -0.05) is 0 Å². The maximum absolute atomic E-state index is 13.4. The van der Waals surface area contributed by atoms with Crippen LogP contribution in [0.5, 0.6) is 0 Å². The molecule has 1 saturated carbocycles. The SMILES string of the molecule is C[C@@H](C(=O)Nc1cncc(-c2cnc(N3CC4C(C3)C4(F)F)nc2)n1)n1cnc2c1c(=O)[nH]c(=O)n2C. The third-order valence-corrected chi connectivity index (χ3v) is 6.93. The first-order valence-electron chi connectivity index (χ1n) is 11.4. The maximum atomic E-state index is 13.4. The van der Waals surface area contributed by atoms with E-state index in [0.29, 0.717) is 17.2 Å². The highest BCUT2D eigenvalue weighted by Crippen LogP contribution is 2.59. The lowest BCUT2D eigenvalue weighted by molar-refractivity contribution is -0.118. The molecular weight excluding hydrogens is 490 g/mol. The van der Waals surface area contributed by atoms with Crippen LogP contribution < -0.4 is 21.5 Å². The number of fused-ring (bicyclic) bond motifs is 2. The summed E-state index contributed by atoms with van der Waals surface area (Å²) in [5.74, 6) is -3.79. The number of aromatic amines is 1. The maximum Gasteiger partial charge on any atom is 0.329 e. The van der Waals surface area contributed by atoms with Gasteiger partial charge in [0.2, 0.25) is 11.9 Å². The van der Waals surface area contributed by atoms with Crippen LogP contribution in [0.4, 0.5) is 20.5 Å². The summed E-state index contributed by atoms with van der Waals surface area (Å²) in [6, 6.07) is -0.865. The second-order valence-electron chi connectivity index (χ2n) is 9.16. The van der Waals surface area contributed by atoms with Gasteiger partial charge in [0.25, 0.3) is 11.5 Å². The van der Waals surface area contributed by atoms with E-state index in [0.717, 1.165) is 0 Å². The van der Waals surface area contributed by atoms with Gasteiger partial charge in [0.1, 0.15) is 6.04 Å². The summed E-state index contributed by atoms with van der Waals surface area (Å²) in [6.45, 7) is 2.03. The van der Waals surface area contributed by atoms with Gasteiger partial charge in [-0.3, -0.25) is 24.1 Å². The van der Waals surface area contributed by atoms with E-state index in [2.05, 4.69) is 35.2 Å². The van der Waals surface area contributed by atoms with Crippen LogP contribution in [-0.2, 0) is 11.8 Å². The summed E-state index contributed by atoms with van der Waals surface area (Å²) in [4.78, 5) is 62.2. The standard InChI is InChI=1S/C22H20F2N10O3/c1-10(34-9-28-17-16(34)19(36)31-21(37)32(17)2)18(35)30-15-6-25-5-14(29-15)11-3-26-20(27-4-11)33-7-12-13(8-33)22(12,23)24/h3-6,9-10,12-13H,7-8H2,1-2H3,(H,29,30,35)(H,31,36,37)/t10-,12?,13?/m0/s1. The number of nitrogens with zero attached hydrogens (tertiary/aromatic N) is 8. The van der Waals surface area contributed by atoms with Gasteiger partial charge >= 0.3 is 5.69 Å². The number of amides is 1. The second-order valence-corrected chi connectivity index (χ2v) is 9.16. The summed E-state index contributed by atoms with van der Waals surface area (Å²) in [5, 5.41) is 2.66. The molecule has 1 aliphatic carbocycles. The highest BCUT2D eigenvalue weighted by atomic mass is 19.3. The van der Waals surface area contributed by atoms with E-state index >= 15 is 0 Å². The van der Waals surface area contributed by atoms with Crippen molar-refractivity contribution in [3.63, 3.8) is 0 Å². The molecule has 0 bridgehead atoms. The number of carbonyl (C=O) groups excluding carboxylic acids is 1. The molecule has 0 aromatic carbocycles. The lowest BCUT2D eigenvalue weighted by Gasteiger charge is -2.19. The predicted octanol–water partition coefficient (Wildman–Crippen LogP) is 0.571. The zero-order chi connectivity index (χ0) is 26.1. The second kappa shape index (κ2) is 7.97. The first-order valence-corrected chi connectivity index (χ1v) is 11.4. The molecule has 0 spiro atoms. The lowest BCUT2D eigenvalue weighted by Crippen LogP contribution is -2.31. The van der Waals surface area contributed by atoms with Crippen molar-refractivity contribution in [2.24, 2.45) is 18.9 Å². The minimum Gasteiger partial charge on any atom is -0.340 e. The summed E-state index contributed by atoms with van der Waals surface area (Å²) >= 11 is 0. The van der Waals surface area contributed by atoms with Crippen LogP contribution in [0.3, 0.4) is 0 Å². The van der Waals surface area contributed by atoms with Gasteiger partial charge in [0.15, 0.2) is 17.0 Å². The fraction of sp³-hybridized carbons (Fsp3) is 0.364. The molecule has 4 aromatic heterocycles. The quantitative estimate of drug-likeness (QED) is 0.392. The summed E-state index contributed by atoms with van der Waals surface area (Å²) in [7, 11) is 1.46. The first-order chi connectivity index (χ1) is 17.6. The Morgan fingerprint density at radius 3 is 2.54 bits per heavy atom. The van der Waals surface area contributed by atoms with E-state index in [1.165, 1.54) is 47.3 Å². The van der Waals surface area contributed by atoms with Crippen LogP contribution in [-0.4, -0.2) is 64.0 Å². The number of H-pyrrole nitrogens is 1. The molecule has 3 atom stereocenters. The van der Waals surface area contributed by atoms with Crippen LogP contribution in [0.25, 0.3) is 22.4 Å². The van der Waals surface area contributed by atoms with Crippen LogP contribution in [0.2, 0.25) is 0 Å². The van der Waals surface area contributed by atoms with Crippen molar-refractivity contribution in [1.82, 2.24) is 39.0 Å². The van der Waals surface area contributed by atoms with Gasteiger partial charge in [-0.05, 0) is 6.92 Å². The fourth-order valence-corrected chi connectivity index (χ4v) is 4.66. The van der Waals surface area contributed by atoms with Gasteiger partial charge in [0.05, 0.1) is 36.3 Å². The molecule has 2 unspecified atom stereocenters. The molecule has 6 rings (SSSR count). The first kappa shape index (κ1) is 22.9. The number of carbonyl (C=O) groups is 1. The number of hydrogen-bond donors (Lipinski definition) is 2. The minimum absolute atomic E-state index is 0.0841. The number of alkyl halides is 2. The monoisotopic (exact) mass is 510 g/mol. The van der Waals surface area contributed by atoms with E-state index in [4.69, 9.17) is 0 Å². The van der Waals surface area contributed by atoms with Crippen molar-refractivity contribution in [1.29, 1.82) is 0 Å². The highest BCUT2D eigenvalue weighted by molar-refractivity contribution is 5.93. The molecule has 5 heterocycles. The average molecular weight is 510 g/mol. The molecule has 1 amide bonds. The molecule has 1 saturated heterocycles. The van der Waals surface area contributed by atoms with Gasteiger partial charge in [-0.15, -0.1) is 0 Å². The van der Waals surface area contributed by atoms with Gasteiger partial charge in [-0.25, -0.2) is 33.5 Å². The molecule has 13 nitrogen and oxygen atoms in total. The number of rotatable bonds is 5. The molecule has 0 radical (unpaired) electrons. The molecule has 2 N–H and O–H groups in total. The van der Waals surface area contributed by atoms with Crippen LogP contribution in [0, 0.1) is 11.8 Å². The van der Waals surface area contributed by atoms with E-state index < -0.39 is 41.0 Å². The molecule has 15 heteroatoms. The average Bonchev–Trinajstić information content (AvgIpc) is 3.32. The van der Waals surface area contributed by atoms with Crippen LogP contribution >= 0.6 is 0 Å². The largest absolute Gasteiger partial charge is 0.340 e. The van der Waals surface area contributed by atoms with Gasteiger partial charge in [-0.2, -0.15) is 0 Å². The number of hydrogen-bond acceptors (Lipinski definition) is 9. The Morgan fingerprint density at radius 2 is 1.84 bits per heavy atom. The Labute approximate surface area is 206 Å². The summed E-state index contributed by atoms with van der Waals surface area (Å²) in [5.41, 5.74) is -0.0997. The van der Waals surface area contributed by atoms with Gasteiger partial charge < -0.3 is 14.8 Å². The molecule has 4 aromatic rings. The number of nitrogens with one attached hydrogen (secondary N) is 2. The smallest absolute Gasteiger partial charge is 0.329 e. The lowest BCUT2D eigenvalue weighted by atomic mass is 10.2. The predicted molar refractivity (Wildman–Crippen MR) is 126 cm³/mol. The molecule has 37 heavy (non-hydrogen) atoms. The van der Waals surface area contributed by atoms with E-state index in [1.54, 1.807) is 11.8 Å². The number of piperidine rings is 1. The number of anilines is 2. The highest BCUT2D eigenvalue weighted by Gasteiger charge is 2.72. The van der Waals surface area contributed by atoms with Crippen molar-refractivity contribution in [3.8, 4) is 11.3 Å². The van der Waals surface area contributed by atoms with Crippen molar-refractivity contribution in [3.05, 3.63) is 52.0 Å². The van der Waals surface area contributed by atoms with E-state index in [9.17, 15) is 23.2 Å². The van der Waals surface area contributed by atoms with Crippen molar-refractivity contribution < 1.29 is 13.6 Å². The Bertz CT molecular complexity index is 1650. The molecule has 2 fully saturated rings. The van der Waals surface area contributed by atoms with E-state index in [-0.39, 0.29) is 30.1 Å². The Balaban J connectivity index is 1.18. The number of halogens is 2. The van der Waals surface area contributed by atoms with Crippen LogP contribution in [0.15, 0.2) is 40.7 Å². The number of imidazole rings is 1. The summed E-state index contributed by atoms with van der Waals surface area (Å²) in [6.07, 6.45) is 7.21. The van der Waals surface area contributed by atoms with Gasteiger partial charge in [0, 0.05) is 38.1 Å². The molecular formula is C22H20F2N10O3. The van der Waals surface area contributed by atoms with Crippen molar-refractivity contribution in [2.45, 2.75) is 18.9 Å². The van der Waals surface area contributed by atoms with Crippen molar-refractivity contribution in [2.75, 3.05) is 23.3 Å². The molecule has 190 valence electrons. The van der Waals surface area contributed by atoms with Crippen LogP contribution in [0.1, 0.15) is 13.0 Å². The van der Waals surface area contributed by atoms with E-state index in [1.807, 2.05) is 0 Å². The number of aromatic nitrogens is 8. The minimum atomic E-state index is -2.58. The zero-order valence-electron chi connectivity index (χ0n) is 19.6. The normalized spacial score (nSPS) is 20.6. The Morgan fingerprint density at radius 1 is 1.14 bits per heavy atom. The van der Waals surface area contributed by atoms with Crippen molar-refractivity contribution >= 4 is 28.8 Å². The topological polar surface area (TPSA) is 157 Å². The zero-order valence-corrected chi connectivity index (χ0v) is 19.6. The Hall–Kier alpha value is -4.56. The molecule has 2 aliphatic rings. The third-order valence-electron chi connectivity index (χ3n) is 6.93. The molecule has 1 aliphatic heterocycles. The fourth-order valence-electron chi connectivity index (χ4n) is 4.66. The Kier molecular flexibility index (Phi) is 4.93. The summed E-state index contributed by atoms with van der Waals surface area (Å²) < 4.78 is 29.4. The number of aryl methyl sites for hydroxylation is 1.